The third-order valence-electron chi connectivity index (χ3n) is 1.83. The van der Waals surface area contributed by atoms with Crippen molar-refractivity contribution in [3.8, 4) is 0 Å². The third-order valence-corrected chi connectivity index (χ3v) is 2.46. The van der Waals surface area contributed by atoms with Crippen molar-refractivity contribution in [3.63, 3.8) is 0 Å². The fourth-order valence-electron chi connectivity index (χ4n) is 1.28. The second-order valence-electron chi connectivity index (χ2n) is 2.81. The molecular formula is C9H7BrFN3. The van der Waals surface area contributed by atoms with Crippen molar-refractivity contribution in [3.05, 3.63) is 34.3 Å². The van der Waals surface area contributed by atoms with Crippen LogP contribution in [0, 0.1) is 11.2 Å². The van der Waals surface area contributed by atoms with E-state index in [9.17, 15) is 4.39 Å². The minimum atomic E-state index is -0.305. The van der Waals surface area contributed by atoms with Gasteiger partial charge >= 0.3 is 0 Å². The molecule has 0 atom stereocenters. The molecule has 0 spiro atoms. The lowest BCUT2D eigenvalue weighted by Crippen LogP contribution is -1.98. The van der Waals surface area contributed by atoms with Crippen LogP contribution in [-0.4, -0.2) is 6.21 Å². The maximum absolute atomic E-state index is 13.0. The van der Waals surface area contributed by atoms with Gasteiger partial charge in [-0.05, 0) is 34.1 Å². The van der Waals surface area contributed by atoms with E-state index in [1.54, 1.807) is 6.08 Å². The van der Waals surface area contributed by atoms with Crippen molar-refractivity contribution in [1.82, 2.24) is 0 Å². The Kier molecular flexibility index (Phi) is 2.25. The van der Waals surface area contributed by atoms with E-state index in [1.807, 2.05) is 0 Å². The molecule has 1 heterocycles. The number of fused-ring (bicyclic) bond motifs is 1. The van der Waals surface area contributed by atoms with Gasteiger partial charge in [-0.1, -0.05) is 0 Å². The van der Waals surface area contributed by atoms with Crippen LogP contribution < -0.4 is 10.6 Å². The predicted molar refractivity (Wildman–Crippen MR) is 58.2 cm³/mol. The minimum absolute atomic E-state index is 0.305. The lowest BCUT2D eigenvalue weighted by Gasteiger charge is -2.00. The summed E-state index contributed by atoms with van der Waals surface area (Å²) in [6, 6.07) is 2.79. The highest BCUT2D eigenvalue weighted by molar-refractivity contribution is 9.10. The number of hydrogen-bond acceptors (Lipinski definition) is 3. The molecule has 72 valence electrons. The average Bonchev–Trinajstić information content (AvgIpc) is 2.48. The van der Waals surface area contributed by atoms with Crippen molar-refractivity contribution in [2.24, 2.45) is 0 Å². The summed E-state index contributed by atoms with van der Waals surface area (Å²) in [5.74, 6) is 0.363. The molecule has 1 aliphatic heterocycles. The first-order valence-electron chi connectivity index (χ1n) is 3.94. The average molecular weight is 256 g/mol. The van der Waals surface area contributed by atoms with Crippen LogP contribution in [0.15, 0.2) is 28.5 Å². The number of allylic oxidation sites excluding steroid dienone is 1. The van der Waals surface area contributed by atoms with Crippen LogP contribution >= 0.6 is 15.9 Å². The van der Waals surface area contributed by atoms with Gasteiger partial charge in [0.25, 0.3) is 0 Å². The Bertz CT molecular complexity index is 428. The Hall–Kier alpha value is -1.36. The smallest absolute Gasteiger partial charge is 0.126 e. The summed E-state index contributed by atoms with van der Waals surface area (Å²) in [5, 5.41) is 12.9. The van der Waals surface area contributed by atoms with E-state index >= 15 is 0 Å². The fraction of sp³-hybridized carbons (Fsp3) is 0. The molecule has 0 aromatic heterocycles. The molecule has 0 saturated carbocycles. The summed E-state index contributed by atoms with van der Waals surface area (Å²) >= 11 is 3.25. The van der Waals surface area contributed by atoms with Gasteiger partial charge in [0, 0.05) is 10.7 Å². The predicted octanol–water partition coefficient (Wildman–Crippen LogP) is 2.92. The number of anilines is 2. The van der Waals surface area contributed by atoms with Crippen molar-refractivity contribution < 1.29 is 4.39 Å². The Balaban J connectivity index is 2.44. The summed E-state index contributed by atoms with van der Waals surface area (Å²) in [5.41, 5.74) is 1.46. The van der Waals surface area contributed by atoms with E-state index in [1.165, 1.54) is 12.1 Å². The molecule has 14 heavy (non-hydrogen) atoms. The third kappa shape index (κ3) is 1.50. The van der Waals surface area contributed by atoms with Crippen LogP contribution in [0.25, 0.3) is 0 Å². The summed E-state index contributed by atoms with van der Waals surface area (Å²) in [6.07, 6.45) is 2.72. The molecule has 0 saturated heterocycles. The lowest BCUT2D eigenvalue weighted by molar-refractivity contribution is 0.628. The summed E-state index contributed by atoms with van der Waals surface area (Å²) in [4.78, 5) is 0. The monoisotopic (exact) mass is 255 g/mol. The van der Waals surface area contributed by atoms with Crippen LogP contribution in [0.3, 0.4) is 0 Å². The highest BCUT2D eigenvalue weighted by Crippen LogP contribution is 2.37. The Morgan fingerprint density at radius 3 is 2.86 bits per heavy atom. The molecule has 0 amide bonds. The first-order chi connectivity index (χ1) is 6.70. The zero-order valence-electron chi connectivity index (χ0n) is 7.07. The fourth-order valence-corrected chi connectivity index (χ4v) is 1.81. The molecule has 1 aromatic carbocycles. The van der Waals surface area contributed by atoms with Gasteiger partial charge in [-0.25, -0.2) is 4.39 Å². The topological polar surface area (TPSA) is 47.9 Å². The summed E-state index contributed by atoms with van der Waals surface area (Å²) in [7, 11) is 0. The molecule has 0 aliphatic carbocycles. The molecule has 2 rings (SSSR count). The van der Waals surface area contributed by atoms with Crippen molar-refractivity contribution in [1.29, 1.82) is 5.41 Å². The highest BCUT2D eigenvalue weighted by atomic mass is 79.9. The van der Waals surface area contributed by atoms with E-state index < -0.39 is 0 Å². The maximum atomic E-state index is 13.0. The number of nitrogens with one attached hydrogen (secondary N) is 3. The summed E-state index contributed by atoms with van der Waals surface area (Å²) in [6.45, 7) is 0. The summed E-state index contributed by atoms with van der Waals surface area (Å²) < 4.78 is 13.6. The van der Waals surface area contributed by atoms with Crippen LogP contribution in [0.5, 0.6) is 0 Å². The SMILES string of the molecule is N=C/C=C1/Nc2cc(F)cc(Br)c2N1. The van der Waals surface area contributed by atoms with Gasteiger partial charge in [-0.2, -0.15) is 0 Å². The van der Waals surface area contributed by atoms with Crippen LogP contribution in [0.1, 0.15) is 0 Å². The Morgan fingerprint density at radius 1 is 1.36 bits per heavy atom. The van der Waals surface area contributed by atoms with E-state index in [4.69, 9.17) is 5.41 Å². The second kappa shape index (κ2) is 3.42. The molecule has 1 aromatic rings. The number of benzene rings is 1. The van der Waals surface area contributed by atoms with Gasteiger partial charge in [0.1, 0.15) is 11.6 Å². The molecule has 1 aliphatic rings. The van der Waals surface area contributed by atoms with E-state index in [2.05, 4.69) is 26.6 Å². The first-order valence-corrected chi connectivity index (χ1v) is 4.74. The van der Waals surface area contributed by atoms with Gasteiger partial charge in [-0.15, -0.1) is 0 Å². The van der Waals surface area contributed by atoms with Gasteiger partial charge < -0.3 is 16.0 Å². The van der Waals surface area contributed by atoms with Crippen molar-refractivity contribution >= 4 is 33.5 Å². The van der Waals surface area contributed by atoms with Crippen molar-refractivity contribution in [2.45, 2.75) is 0 Å². The van der Waals surface area contributed by atoms with Crippen molar-refractivity contribution in [2.75, 3.05) is 10.6 Å². The number of halogens is 2. The lowest BCUT2D eigenvalue weighted by atomic mass is 10.3. The molecule has 0 bridgehead atoms. The van der Waals surface area contributed by atoms with E-state index in [-0.39, 0.29) is 5.82 Å². The normalized spacial score (nSPS) is 16.0. The largest absolute Gasteiger partial charge is 0.340 e. The second-order valence-corrected chi connectivity index (χ2v) is 3.66. The quantitative estimate of drug-likeness (QED) is 0.676. The standard InChI is InChI=1S/C9H7BrFN3/c10-6-3-5(11)4-7-9(6)14-8(13-7)1-2-12/h1-4,12-14H/b8-1-,12-2?. The zero-order chi connectivity index (χ0) is 10.1. The first kappa shape index (κ1) is 9.21. The number of rotatable bonds is 1. The van der Waals surface area contributed by atoms with Crippen LogP contribution in [0.4, 0.5) is 15.8 Å². The Labute approximate surface area is 88.6 Å². The highest BCUT2D eigenvalue weighted by Gasteiger charge is 2.17. The van der Waals surface area contributed by atoms with Crippen LogP contribution in [0.2, 0.25) is 0 Å². The molecule has 0 radical (unpaired) electrons. The zero-order valence-corrected chi connectivity index (χ0v) is 8.65. The van der Waals surface area contributed by atoms with E-state index in [0.29, 0.717) is 16.0 Å². The number of hydrogen-bond donors (Lipinski definition) is 3. The molecule has 3 nitrogen and oxygen atoms in total. The van der Waals surface area contributed by atoms with Gasteiger partial charge in [0.2, 0.25) is 0 Å². The van der Waals surface area contributed by atoms with Gasteiger partial charge in [0.15, 0.2) is 0 Å². The maximum Gasteiger partial charge on any atom is 0.126 e. The van der Waals surface area contributed by atoms with Crippen LogP contribution in [-0.2, 0) is 0 Å². The van der Waals surface area contributed by atoms with Gasteiger partial charge in [0.05, 0.1) is 11.4 Å². The van der Waals surface area contributed by atoms with Gasteiger partial charge in [-0.3, -0.25) is 0 Å². The molecular weight excluding hydrogens is 249 g/mol. The molecule has 3 N–H and O–H groups in total. The minimum Gasteiger partial charge on any atom is -0.340 e. The Morgan fingerprint density at radius 2 is 2.14 bits per heavy atom. The molecule has 0 fully saturated rings. The van der Waals surface area contributed by atoms with E-state index in [0.717, 1.165) is 11.9 Å². The molecule has 5 heteroatoms. The molecule has 0 unspecified atom stereocenters.